The molecule has 0 heterocycles. The van der Waals surface area contributed by atoms with Crippen molar-refractivity contribution in [3.05, 3.63) is 48.6 Å². The zero-order valence-corrected chi connectivity index (χ0v) is 31.1. The molecule has 2 unspecified atom stereocenters. The summed E-state index contributed by atoms with van der Waals surface area (Å²) >= 11 is 0. The topological polar surface area (TPSA) is 102 Å². The van der Waals surface area contributed by atoms with Gasteiger partial charge >= 0.3 is 11.9 Å². The zero-order chi connectivity index (χ0) is 35.7. The van der Waals surface area contributed by atoms with Gasteiger partial charge in [0, 0.05) is 19.3 Å². The predicted octanol–water partition coefficient (Wildman–Crippen LogP) is 7.96. The molecular weight excluding hydrogens is 606 g/mol. The highest BCUT2D eigenvalue weighted by atomic mass is 16.6. The Kier molecular flexibility index (Phi) is 29.8. The van der Waals surface area contributed by atoms with Gasteiger partial charge in [0.1, 0.15) is 12.6 Å². The number of carbonyl (C=O) groups is 3. The Balaban J connectivity index is 3.97. The number of ether oxygens (including phenoxy) is 3. The summed E-state index contributed by atoms with van der Waals surface area (Å²) < 4.78 is 16.7. The molecule has 0 amide bonds. The summed E-state index contributed by atoms with van der Waals surface area (Å²) in [5.74, 6) is -1.81. The van der Waals surface area contributed by atoms with Crippen LogP contribution in [0, 0.1) is 0 Å². The van der Waals surface area contributed by atoms with Gasteiger partial charge in [-0.2, -0.15) is 0 Å². The lowest BCUT2D eigenvalue weighted by molar-refractivity contribution is -0.889. The van der Waals surface area contributed by atoms with Gasteiger partial charge in [-0.05, 0) is 51.4 Å². The average molecular weight is 676 g/mol. The molecule has 8 heteroatoms. The average Bonchev–Trinajstić information content (AvgIpc) is 3.03. The van der Waals surface area contributed by atoms with Gasteiger partial charge in [0.05, 0.1) is 40.3 Å². The van der Waals surface area contributed by atoms with E-state index in [0.717, 1.165) is 44.9 Å². The van der Waals surface area contributed by atoms with Crippen LogP contribution in [0.15, 0.2) is 48.6 Å². The van der Waals surface area contributed by atoms with E-state index in [1.54, 1.807) is 21.1 Å². The first kappa shape index (κ1) is 45.3. The van der Waals surface area contributed by atoms with E-state index in [-0.39, 0.29) is 42.7 Å². The van der Waals surface area contributed by atoms with Crippen LogP contribution in [0.3, 0.4) is 0 Å². The minimum absolute atomic E-state index is 0.0342. The van der Waals surface area contributed by atoms with Crippen molar-refractivity contribution in [2.75, 3.05) is 41.0 Å². The number of carboxylic acid groups (broad SMARTS) is 1. The number of quaternary nitrogens is 1. The minimum Gasteiger partial charge on any atom is -0.544 e. The minimum atomic E-state index is -1.13. The molecule has 8 nitrogen and oxygen atoms in total. The molecule has 0 aromatic carbocycles. The van der Waals surface area contributed by atoms with Crippen molar-refractivity contribution in [2.45, 2.75) is 148 Å². The fourth-order valence-corrected chi connectivity index (χ4v) is 5.10. The summed E-state index contributed by atoms with van der Waals surface area (Å²) in [6.45, 7) is 4.17. The van der Waals surface area contributed by atoms with Crippen molar-refractivity contribution in [3.8, 4) is 0 Å². The van der Waals surface area contributed by atoms with Crippen LogP contribution in [0.2, 0.25) is 0 Å². The molecule has 2 atom stereocenters. The number of likely N-dealkylation sites (N-methyl/N-ethyl adjacent to an activating group) is 1. The number of aliphatic carboxylic acids is 1. The summed E-state index contributed by atoms with van der Waals surface area (Å²) in [6.07, 6.45) is 35.7. The van der Waals surface area contributed by atoms with E-state index in [1.165, 1.54) is 51.4 Å². The summed E-state index contributed by atoms with van der Waals surface area (Å²) in [7, 11) is 5.36. The lowest BCUT2D eigenvalue weighted by atomic mass is 10.0. The van der Waals surface area contributed by atoms with E-state index < -0.39 is 18.1 Å². The summed E-state index contributed by atoms with van der Waals surface area (Å²) in [6, 6.07) is -0.722. The molecule has 0 spiro atoms. The van der Waals surface area contributed by atoms with Crippen LogP contribution >= 0.6 is 0 Å². The Morgan fingerprint density at radius 1 is 0.646 bits per heavy atom. The maximum absolute atomic E-state index is 12.5. The largest absolute Gasteiger partial charge is 0.544 e. The third-order valence-electron chi connectivity index (χ3n) is 7.95. The molecule has 0 aliphatic carbocycles. The molecule has 0 fully saturated rings. The molecule has 0 saturated heterocycles. The number of esters is 2. The molecule has 0 aromatic heterocycles. The number of allylic oxidation sites excluding steroid dienone is 8. The third-order valence-corrected chi connectivity index (χ3v) is 7.95. The molecule has 0 bridgehead atoms. The number of carbonyl (C=O) groups excluding carboxylic acids is 3. The second-order valence-corrected chi connectivity index (χ2v) is 13.4. The van der Waals surface area contributed by atoms with E-state index in [4.69, 9.17) is 14.2 Å². The van der Waals surface area contributed by atoms with Crippen molar-refractivity contribution in [1.29, 1.82) is 0 Å². The summed E-state index contributed by atoms with van der Waals surface area (Å²) in [5.41, 5.74) is 0. The fraction of sp³-hybridized carbons (Fsp3) is 0.725. The van der Waals surface area contributed by atoms with Gasteiger partial charge < -0.3 is 28.6 Å². The molecule has 48 heavy (non-hydrogen) atoms. The van der Waals surface area contributed by atoms with Crippen molar-refractivity contribution < 1.29 is 38.2 Å². The molecule has 0 saturated carbocycles. The van der Waals surface area contributed by atoms with Crippen LogP contribution in [0.1, 0.15) is 136 Å². The van der Waals surface area contributed by atoms with E-state index in [9.17, 15) is 19.5 Å². The highest BCUT2D eigenvalue weighted by Gasteiger charge is 2.25. The van der Waals surface area contributed by atoms with Gasteiger partial charge in [0.2, 0.25) is 0 Å². The highest BCUT2D eigenvalue weighted by Crippen LogP contribution is 2.13. The van der Waals surface area contributed by atoms with Gasteiger partial charge in [-0.1, -0.05) is 114 Å². The van der Waals surface area contributed by atoms with Gasteiger partial charge in [-0.3, -0.25) is 9.59 Å². The Morgan fingerprint density at radius 3 is 1.69 bits per heavy atom. The first-order valence-electron chi connectivity index (χ1n) is 18.7. The van der Waals surface area contributed by atoms with Crippen LogP contribution in [0.4, 0.5) is 0 Å². The van der Waals surface area contributed by atoms with Gasteiger partial charge in [0.25, 0.3) is 0 Å². The second kappa shape index (κ2) is 31.6. The molecule has 0 N–H and O–H groups in total. The molecule has 0 aromatic rings. The normalized spacial score (nSPS) is 13.6. The van der Waals surface area contributed by atoms with Crippen LogP contribution in [-0.2, 0) is 28.6 Å². The number of unbranched alkanes of at least 4 members (excludes halogenated alkanes) is 10. The van der Waals surface area contributed by atoms with Crippen molar-refractivity contribution in [2.24, 2.45) is 0 Å². The van der Waals surface area contributed by atoms with E-state index >= 15 is 0 Å². The van der Waals surface area contributed by atoms with Crippen LogP contribution in [0.25, 0.3) is 0 Å². The van der Waals surface area contributed by atoms with E-state index in [0.29, 0.717) is 19.3 Å². The smallest absolute Gasteiger partial charge is 0.306 e. The maximum Gasteiger partial charge on any atom is 0.306 e. The van der Waals surface area contributed by atoms with Crippen LogP contribution < -0.4 is 5.11 Å². The number of rotatable bonds is 32. The van der Waals surface area contributed by atoms with Crippen molar-refractivity contribution in [3.63, 3.8) is 0 Å². The Hall–Kier alpha value is -2.71. The molecule has 0 aliphatic heterocycles. The van der Waals surface area contributed by atoms with Crippen LogP contribution in [0.5, 0.6) is 0 Å². The first-order chi connectivity index (χ1) is 23.1. The second-order valence-electron chi connectivity index (χ2n) is 13.4. The number of carboxylic acids is 1. The predicted molar refractivity (Wildman–Crippen MR) is 194 cm³/mol. The summed E-state index contributed by atoms with van der Waals surface area (Å²) in [5, 5.41) is 11.5. The lowest BCUT2D eigenvalue weighted by Gasteiger charge is -2.34. The van der Waals surface area contributed by atoms with E-state index in [1.807, 2.05) is 6.92 Å². The maximum atomic E-state index is 12.5. The van der Waals surface area contributed by atoms with Crippen molar-refractivity contribution >= 4 is 17.9 Å². The van der Waals surface area contributed by atoms with E-state index in [2.05, 4.69) is 55.5 Å². The number of hydrogen-bond donors (Lipinski definition) is 0. The Morgan fingerprint density at radius 2 is 1.17 bits per heavy atom. The Bertz CT molecular complexity index is 932. The standard InChI is InChI=1S/C40H69NO7/c1-6-8-9-10-11-12-13-14-15-16-17-18-19-20-21-22-23-24-25-26-27-28-29-31-39(43)48-36(35-47-38(42)30-7-2)34-46-33-32-37(40(44)45)41(3,4)5/h8-9,11-12,14-15,17-18,36-37H,6-7,10,13,16,19-35H2,1-5H3/b9-8-,12-11-,15-14-,18-17-. The molecular formula is C40H69NO7. The molecule has 0 radical (unpaired) electrons. The lowest BCUT2D eigenvalue weighted by Crippen LogP contribution is -2.55. The SMILES string of the molecule is CC/C=C\C/C=C\C/C=C\C/C=C\CCCCCCCCCCCCC(=O)OC(COCCC(C(=O)[O-])[N+](C)(C)C)COC(=O)CCC. The number of nitrogens with zero attached hydrogens (tertiary/aromatic N) is 1. The van der Waals surface area contributed by atoms with Gasteiger partial charge in [0.15, 0.2) is 6.10 Å². The Labute approximate surface area is 293 Å². The third kappa shape index (κ3) is 29.4. The van der Waals surface area contributed by atoms with Crippen LogP contribution in [-0.4, -0.2) is 75.5 Å². The molecule has 0 aliphatic rings. The zero-order valence-electron chi connectivity index (χ0n) is 31.1. The van der Waals surface area contributed by atoms with Gasteiger partial charge in [-0.25, -0.2) is 0 Å². The quantitative estimate of drug-likeness (QED) is 0.0309. The monoisotopic (exact) mass is 676 g/mol. The van der Waals surface area contributed by atoms with Gasteiger partial charge in [-0.15, -0.1) is 0 Å². The molecule has 0 rings (SSSR count). The summed E-state index contributed by atoms with van der Waals surface area (Å²) in [4.78, 5) is 35.8. The molecule has 276 valence electrons. The van der Waals surface area contributed by atoms with Crippen molar-refractivity contribution in [1.82, 2.24) is 0 Å². The number of hydrogen-bond acceptors (Lipinski definition) is 7. The first-order valence-corrected chi connectivity index (χ1v) is 18.7. The highest BCUT2D eigenvalue weighted by molar-refractivity contribution is 5.70. The fourth-order valence-electron chi connectivity index (χ4n) is 5.10.